The third-order valence-corrected chi connectivity index (χ3v) is 2.76. The third-order valence-electron chi connectivity index (χ3n) is 1.42. The maximum atomic E-state index is 10.2. The van der Waals surface area contributed by atoms with Crippen molar-refractivity contribution in [1.82, 2.24) is 0 Å². The number of hydrogen-bond donors (Lipinski definition) is 1. The molecule has 0 saturated carbocycles. The SMILES string of the molecule is CCCCCCC[Se](=O)O. The molecular weight excluding hydrogens is 195 g/mol. The molecule has 0 fully saturated rings. The maximum absolute atomic E-state index is 10.2. The molecule has 0 heterocycles. The van der Waals surface area contributed by atoms with Crippen LogP contribution in [0.15, 0.2) is 0 Å². The molecule has 0 aliphatic heterocycles. The summed E-state index contributed by atoms with van der Waals surface area (Å²) in [4.78, 5) is 0. The molecule has 1 unspecified atom stereocenters. The summed E-state index contributed by atoms with van der Waals surface area (Å²) in [5, 5.41) is 0.545. The van der Waals surface area contributed by atoms with Crippen LogP contribution in [0.2, 0.25) is 5.32 Å². The van der Waals surface area contributed by atoms with Crippen LogP contribution in [0.5, 0.6) is 0 Å². The molecule has 0 amide bonds. The fourth-order valence-corrected chi connectivity index (χ4v) is 1.78. The third kappa shape index (κ3) is 8.28. The van der Waals surface area contributed by atoms with E-state index in [1.54, 1.807) is 0 Å². The van der Waals surface area contributed by atoms with Crippen LogP contribution in [0.1, 0.15) is 39.0 Å². The van der Waals surface area contributed by atoms with E-state index in [9.17, 15) is 3.83 Å². The fraction of sp³-hybridized carbons (Fsp3) is 1.00. The summed E-state index contributed by atoms with van der Waals surface area (Å²) >= 11 is -2.36. The fourth-order valence-electron chi connectivity index (χ4n) is 0.829. The molecule has 0 aliphatic carbocycles. The van der Waals surface area contributed by atoms with Gasteiger partial charge in [0.15, 0.2) is 0 Å². The Labute approximate surface area is 67.0 Å². The van der Waals surface area contributed by atoms with Crippen molar-refractivity contribution in [2.45, 2.75) is 44.3 Å². The van der Waals surface area contributed by atoms with Crippen molar-refractivity contribution in [2.24, 2.45) is 0 Å². The topological polar surface area (TPSA) is 37.3 Å². The summed E-state index contributed by atoms with van der Waals surface area (Å²) in [6.07, 6.45) is 5.77. The Bertz CT molecular complexity index is 93.6. The van der Waals surface area contributed by atoms with Crippen LogP contribution in [-0.2, 0) is 3.83 Å². The van der Waals surface area contributed by atoms with Crippen LogP contribution in [-0.4, -0.2) is 18.4 Å². The molecule has 2 nitrogen and oxygen atoms in total. The number of unbranched alkanes of at least 4 members (excludes halogenated alkanes) is 4. The van der Waals surface area contributed by atoms with Crippen molar-refractivity contribution in [2.75, 3.05) is 0 Å². The predicted octanol–water partition coefficient (Wildman–Crippen LogP) is 1.87. The average Bonchev–Trinajstić information content (AvgIpc) is 1.87. The predicted molar refractivity (Wildman–Crippen MR) is 42.2 cm³/mol. The Morgan fingerprint density at radius 2 is 1.80 bits per heavy atom. The first-order valence-corrected chi connectivity index (χ1v) is 6.52. The minimum absolute atomic E-state index is 0.545. The summed E-state index contributed by atoms with van der Waals surface area (Å²) < 4.78 is 18.7. The van der Waals surface area contributed by atoms with Gasteiger partial charge < -0.3 is 0 Å². The second kappa shape index (κ2) is 7.39. The standard InChI is InChI=1S/C7H16O2Se/c1-2-3-4-5-6-7-10(8)9/h2-7H2,1H3,(H,8,9). The molecule has 62 valence electrons. The van der Waals surface area contributed by atoms with Gasteiger partial charge in [-0.3, -0.25) is 0 Å². The Hall–Kier alpha value is 0.279. The first-order valence-electron chi connectivity index (χ1n) is 3.85. The summed E-state index contributed by atoms with van der Waals surface area (Å²) in [5.41, 5.74) is 0. The van der Waals surface area contributed by atoms with Gasteiger partial charge in [0.05, 0.1) is 0 Å². The first-order chi connectivity index (χ1) is 4.77. The number of rotatable bonds is 6. The van der Waals surface area contributed by atoms with Gasteiger partial charge in [-0.05, 0) is 0 Å². The van der Waals surface area contributed by atoms with Crippen molar-refractivity contribution in [1.29, 1.82) is 0 Å². The monoisotopic (exact) mass is 212 g/mol. The molecule has 0 aromatic heterocycles. The molecule has 0 aromatic rings. The van der Waals surface area contributed by atoms with E-state index in [4.69, 9.17) is 4.19 Å². The van der Waals surface area contributed by atoms with Crippen LogP contribution in [0.4, 0.5) is 0 Å². The van der Waals surface area contributed by atoms with Crippen LogP contribution >= 0.6 is 0 Å². The Morgan fingerprint density at radius 3 is 2.30 bits per heavy atom. The van der Waals surface area contributed by atoms with E-state index in [1.165, 1.54) is 19.3 Å². The molecule has 3 heteroatoms. The van der Waals surface area contributed by atoms with Gasteiger partial charge >= 0.3 is 66.5 Å². The summed E-state index contributed by atoms with van der Waals surface area (Å²) in [6.45, 7) is 2.16. The van der Waals surface area contributed by atoms with Crippen molar-refractivity contribution < 1.29 is 8.02 Å². The Balaban J connectivity index is 2.84. The molecule has 0 spiro atoms. The second-order valence-corrected chi connectivity index (χ2v) is 4.65. The zero-order chi connectivity index (χ0) is 7.82. The number of hydrogen-bond acceptors (Lipinski definition) is 1. The Kier molecular flexibility index (Phi) is 7.59. The molecule has 0 bridgehead atoms. The van der Waals surface area contributed by atoms with Gasteiger partial charge in [0, 0.05) is 0 Å². The zero-order valence-electron chi connectivity index (χ0n) is 6.51. The van der Waals surface area contributed by atoms with Crippen LogP contribution in [0.3, 0.4) is 0 Å². The normalized spacial score (nSPS) is 13.4. The molecule has 1 atom stereocenters. The van der Waals surface area contributed by atoms with Crippen molar-refractivity contribution in [3.8, 4) is 0 Å². The van der Waals surface area contributed by atoms with Gasteiger partial charge in [-0.1, -0.05) is 0 Å². The van der Waals surface area contributed by atoms with Gasteiger partial charge in [0.1, 0.15) is 0 Å². The van der Waals surface area contributed by atoms with Crippen LogP contribution in [0, 0.1) is 0 Å². The Morgan fingerprint density at radius 1 is 1.20 bits per heavy atom. The van der Waals surface area contributed by atoms with Gasteiger partial charge in [-0.2, -0.15) is 0 Å². The van der Waals surface area contributed by atoms with Gasteiger partial charge in [-0.15, -0.1) is 0 Å². The summed E-state index contributed by atoms with van der Waals surface area (Å²) in [7, 11) is 0. The van der Waals surface area contributed by atoms with Gasteiger partial charge in [-0.25, -0.2) is 0 Å². The summed E-state index contributed by atoms with van der Waals surface area (Å²) in [6, 6.07) is 0. The van der Waals surface area contributed by atoms with Crippen LogP contribution in [0.25, 0.3) is 0 Å². The minimum atomic E-state index is -2.36. The van der Waals surface area contributed by atoms with E-state index in [0.717, 1.165) is 12.8 Å². The van der Waals surface area contributed by atoms with E-state index in [1.807, 2.05) is 0 Å². The molecule has 0 radical (unpaired) electrons. The van der Waals surface area contributed by atoms with E-state index < -0.39 is 14.2 Å². The van der Waals surface area contributed by atoms with E-state index in [2.05, 4.69) is 6.92 Å². The van der Waals surface area contributed by atoms with Crippen molar-refractivity contribution in [3.63, 3.8) is 0 Å². The molecule has 0 rings (SSSR count). The second-order valence-electron chi connectivity index (χ2n) is 2.44. The molecule has 0 aliphatic rings. The van der Waals surface area contributed by atoms with Gasteiger partial charge in [0.2, 0.25) is 0 Å². The first kappa shape index (κ1) is 10.3. The van der Waals surface area contributed by atoms with E-state index in [0.29, 0.717) is 5.32 Å². The average molecular weight is 211 g/mol. The van der Waals surface area contributed by atoms with Gasteiger partial charge in [0.25, 0.3) is 0 Å². The van der Waals surface area contributed by atoms with Crippen LogP contribution < -0.4 is 0 Å². The van der Waals surface area contributed by atoms with E-state index >= 15 is 0 Å². The molecule has 0 aromatic carbocycles. The van der Waals surface area contributed by atoms with E-state index in [-0.39, 0.29) is 0 Å². The molecule has 1 N–H and O–H groups in total. The molecule has 10 heavy (non-hydrogen) atoms. The molecular formula is C7H16O2Se. The molecule has 0 saturated heterocycles. The van der Waals surface area contributed by atoms with Crippen molar-refractivity contribution >= 4 is 14.2 Å². The quantitative estimate of drug-likeness (QED) is 0.538. The van der Waals surface area contributed by atoms with Crippen molar-refractivity contribution in [3.05, 3.63) is 0 Å². The summed E-state index contributed by atoms with van der Waals surface area (Å²) in [5.74, 6) is 0. The zero-order valence-corrected chi connectivity index (χ0v) is 8.22.